The number of aliphatic imine (C=N–C) groups is 1. The van der Waals surface area contributed by atoms with Crippen molar-refractivity contribution in [2.24, 2.45) is 4.99 Å². The number of rotatable bonds is 6. The molecule has 2 aliphatic rings. The van der Waals surface area contributed by atoms with Gasteiger partial charge in [0.25, 0.3) is 0 Å². The molecule has 0 saturated carbocycles. The van der Waals surface area contributed by atoms with Gasteiger partial charge in [-0.2, -0.15) is 0 Å². The molecule has 2 aliphatic heterocycles. The van der Waals surface area contributed by atoms with E-state index < -0.39 is 0 Å². The summed E-state index contributed by atoms with van der Waals surface area (Å²) in [5, 5.41) is 6.32. The Hall–Kier alpha value is -2.49. The van der Waals surface area contributed by atoms with Gasteiger partial charge in [-0.3, -0.25) is 4.79 Å². The van der Waals surface area contributed by atoms with E-state index in [1.165, 1.54) is 5.56 Å². The second-order valence-corrected chi connectivity index (χ2v) is 8.31. The van der Waals surface area contributed by atoms with Gasteiger partial charge in [-0.25, -0.2) is 4.99 Å². The molecular weight excluding hydrogens is 529 g/mol. The van der Waals surface area contributed by atoms with E-state index in [0.717, 1.165) is 55.6 Å². The minimum absolute atomic E-state index is 0. The lowest BCUT2D eigenvalue weighted by molar-refractivity contribution is -0.120. The van der Waals surface area contributed by atoms with Crippen LogP contribution in [-0.2, 0) is 11.3 Å². The quantitative estimate of drug-likeness (QED) is 0.321. The summed E-state index contributed by atoms with van der Waals surface area (Å²) in [6, 6.07) is 16.8. The Bertz CT molecular complexity index is 933. The van der Waals surface area contributed by atoms with E-state index in [2.05, 4.69) is 63.8 Å². The number of carbonyl (C=O) groups is 1. The third-order valence-electron chi connectivity index (χ3n) is 6.16. The second-order valence-electron chi connectivity index (χ2n) is 8.31. The fraction of sp³-hybridized carbons (Fsp3) is 0.440. The largest absolute Gasteiger partial charge is 0.497 e. The Morgan fingerprint density at radius 1 is 1.15 bits per heavy atom. The predicted octanol–water partition coefficient (Wildman–Crippen LogP) is 3.20. The molecular formula is C25H34IN5O2. The van der Waals surface area contributed by atoms with E-state index in [1.807, 2.05) is 12.1 Å². The van der Waals surface area contributed by atoms with Gasteiger partial charge in [0.15, 0.2) is 5.96 Å². The number of piperazine rings is 1. The molecule has 178 valence electrons. The molecule has 0 aliphatic carbocycles. The van der Waals surface area contributed by atoms with Crippen LogP contribution in [0.4, 0.5) is 5.69 Å². The maximum absolute atomic E-state index is 11.6. The van der Waals surface area contributed by atoms with E-state index in [1.54, 1.807) is 7.11 Å². The lowest BCUT2D eigenvalue weighted by Crippen LogP contribution is -2.47. The van der Waals surface area contributed by atoms with Gasteiger partial charge < -0.3 is 25.2 Å². The average molecular weight is 563 g/mol. The molecule has 8 heteroatoms. The van der Waals surface area contributed by atoms with E-state index in [9.17, 15) is 4.79 Å². The lowest BCUT2D eigenvalue weighted by atomic mass is 9.98. The van der Waals surface area contributed by atoms with Crippen LogP contribution in [0, 0.1) is 0 Å². The average Bonchev–Trinajstić information content (AvgIpc) is 3.32. The Balaban J connectivity index is 0.00000306. The first-order chi connectivity index (χ1) is 15.7. The molecule has 0 spiro atoms. The van der Waals surface area contributed by atoms with Crippen LogP contribution in [0.2, 0.25) is 0 Å². The summed E-state index contributed by atoms with van der Waals surface area (Å²) in [5.41, 5.74) is 3.60. The zero-order valence-electron chi connectivity index (χ0n) is 19.4. The number of hydrogen-bond acceptors (Lipinski definition) is 4. The zero-order chi connectivity index (χ0) is 22.3. The Morgan fingerprint density at radius 3 is 2.58 bits per heavy atom. The monoisotopic (exact) mass is 563 g/mol. The van der Waals surface area contributed by atoms with E-state index in [-0.39, 0.29) is 29.9 Å². The Labute approximate surface area is 213 Å². The van der Waals surface area contributed by atoms with Gasteiger partial charge >= 0.3 is 0 Å². The molecule has 4 rings (SSSR count). The van der Waals surface area contributed by atoms with Gasteiger partial charge in [0.05, 0.1) is 20.2 Å². The molecule has 2 heterocycles. The van der Waals surface area contributed by atoms with Crippen molar-refractivity contribution in [2.45, 2.75) is 25.8 Å². The number of methoxy groups -OCH3 is 1. The first-order valence-corrected chi connectivity index (χ1v) is 11.4. The van der Waals surface area contributed by atoms with Gasteiger partial charge in [-0.15, -0.1) is 24.0 Å². The Kier molecular flexibility index (Phi) is 9.22. The summed E-state index contributed by atoms with van der Waals surface area (Å²) >= 11 is 0. The predicted molar refractivity (Wildman–Crippen MR) is 144 cm³/mol. The molecule has 0 aromatic heterocycles. The summed E-state index contributed by atoms with van der Waals surface area (Å²) in [6.45, 7) is 7.52. The van der Waals surface area contributed by atoms with Crippen molar-refractivity contribution < 1.29 is 9.53 Å². The van der Waals surface area contributed by atoms with Gasteiger partial charge in [0, 0.05) is 44.3 Å². The van der Waals surface area contributed by atoms with Gasteiger partial charge in [-0.1, -0.05) is 24.3 Å². The van der Waals surface area contributed by atoms with Crippen LogP contribution in [0.1, 0.15) is 30.4 Å². The topological polar surface area (TPSA) is 69.2 Å². The van der Waals surface area contributed by atoms with Crippen LogP contribution in [0.3, 0.4) is 0 Å². The van der Waals surface area contributed by atoms with Crippen molar-refractivity contribution in [3.8, 4) is 5.75 Å². The molecule has 1 unspecified atom stereocenters. The normalized spacial score (nSPS) is 18.5. The third-order valence-corrected chi connectivity index (χ3v) is 6.16. The molecule has 2 aromatic carbocycles. The summed E-state index contributed by atoms with van der Waals surface area (Å²) in [5.74, 6) is 2.46. The lowest BCUT2D eigenvalue weighted by Gasteiger charge is -2.28. The first-order valence-electron chi connectivity index (χ1n) is 11.4. The molecule has 1 atom stereocenters. The molecule has 2 aromatic rings. The van der Waals surface area contributed by atoms with Crippen molar-refractivity contribution in [3.05, 3.63) is 59.7 Å². The fourth-order valence-corrected chi connectivity index (χ4v) is 4.36. The number of amides is 1. The molecule has 2 N–H and O–H groups in total. The highest BCUT2D eigenvalue weighted by atomic mass is 127. The number of nitrogens with one attached hydrogen (secondary N) is 2. The molecule has 1 amide bonds. The number of nitrogens with zero attached hydrogens (tertiary/aromatic N) is 3. The molecule has 2 fully saturated rings. The number of ether oxygens (including phenoxy) is 1. The molecule has 0 radical (unpaired) electrons. The smallest absolute Gasteiger partial charge is 0.239 e. The number of anilines is 1. The van der Waals surface area contributed by atoms with Crippen molar-refractivity contribution in [2.75, 3.05) is 51.3 Å². The van der Waals surface area contributed by atoms with Crippen LogP contribution in [0.25, 0.3) is 0 Å². The summed E-state index contributed by atoms with van der Waals surface area (Å²) in [4.78, 5) is 21.0. The van der Waals surface area contributed by atoms with Crippen LogP contribution in [0.5, 0.6) is 5.75 Å². The highest BCUT2D eigenvalue weighted by Crippen LogP contribution is 2.28. The van der Waals surface area contributed by atoms with E-state index in [4.69, 9.17) is 9.73 Å². The van der Waals surface area contributed by atoms with Crippen LogP contribution in [0.15, 0.2) is 53.5 Å². The minimum atomic E-state index is 0. The number of halogens is 1. The number of likely N-dealkylation sites (tertiary alicyclic amines) is 1. The molecule has 2 saturated heterocycles. The first kappa shape index (κ1) is 25.1. The van der Waals surface area contributed by atoms with Gasteiger partial charge in [0.2, 0.25) is 5.91 Å². The maximum atomic E-state index is 11.6. The van der Waals surface area contributed by atoms with Gasteiger partial charge in [0.1, 0.15) is 5.75 Å². The van der Waals surface area contributed by atoms with Crippen molar-refractivity contribution in [1.82, 2.24) is 15.5 Å². The minimum Gasteiger partial charge on any atom is -0.497 e. The molecule has 33 heavy (non-hydrogen) atoms. The van der Waals surface area contributed by atoms with E-state index in [0.29, 0.717) is 25.6 Å². The number of benzene rings is 2. The van der Waals surface area contributed by atoms with Crippen molar-refractivity contribution in [1.29, 1.82) is 0 Å². The molecule has 0 bridgehead atoms. The highest BCUT2D eigenvalue weighted by molar-refractivity contribution is 14.0. The van der Waals surface area contributed by atoms with Crippen molar-refractivity contribution >= 4 is 41.5 Å². The number of hydrogen-bond donors (Lipinski definition) is 2. The zero-order valence-corrected chi connectivity index (χ0v) is 21.7. The summed E-state index contributed by atoms with van der Waals surface area (Å²) in [6.07, 6.45) is 1.12. The van der Waals surface area contributed by atoms with E-state index >= 15 is 0 Å². The fourth-order valence-electron chi connectivity index (χ4n) is 4.36. The Morgan fingerprint density at radius 2 is 1.91 bits per heavy atom. The second kappa shape index (κ2) is 12.1. The highest BCUT2D eigenvalue weighted by Gasteiger charge is 2.26. The van der Waals surface area contributed by atoms with Crippen molar-refractivity contribution in [3.63, 3.8) is 0 Å². The number of guanidine groups is 1. The third kappa shape index (κ3) is 6.52. The summed E-state index contributed by atoms with van der Waals surface area (Å²) in [7, 11) is 1.70. The molecule has 7 nitrogen and oxygen atoms in total. The van der Waals surface area contributed by atoms with Crippen LogP contribution >= 0.6 is 24.0 Å². The standard InChI is InChI=1S/C25H33N5O2.HI/c1-3-26-25(30-14-12-21(17-30)20-6-10-23(32-2)11-7-20)28-16-19-4-8-22(9-5-19)29-15-13-27-24(31)18-29;/h4-11,21H,3,12-18H2,1-2H3,(H,26,28)(H,27,31);1H. The van der Waals surface area contributed by atoms with Crippen LogP contribution in [-0.4, -0.2) is 63.1 Å². The SMILES string of the molecule is CCNC(=NCc1ccc(N2CCNC(=O)C2)cc1)N1CCC(c2ccc(OC)cc2)C1.I. The number of carbonyl (C=O) groups excluding carboxylic acids is 1. The van der Waals surface area contributed by atoms with Crippen LogP contribution < -0.4 is 20.3 Å². The summed E-state index contributed by atoms with van der Waals surface area (Å²) < 4.78 is 5.28. The maximum Gasteiger partial charge on any atom is 0.239 e. The van der Waals surface area contributed by atoms with Gasteiger partial charge in [-0.05, 0) is 48.7 Å².